The molecule has 2 nitrogen and oxygen atoms in total. The Labute approximate surface area is 126 Å². The highest BCUT2D eigenvalue weighted by molar-refractivity contribution is 5.46. The van der Waals surface area contributed by atoms with Gasteiger partial charge >= 0.3 is 0 Å². The maximum Gasteiger partial charge on any atom is 0.0471 e. The van der Waals surface area contributed by atoms with Crippen molar-refractivity contribution in [3.8, 4) is 0 Å². The second-order valence-electron chi connectivity index (χ2n) is 6.09. The summed E-state index contributed by atoms with van der Waals surface area (Å²) in [4.78, 5) is 0. The molecule has 0 atom stereocenters. The molecule has 21 heavy (non-hydrogen) atoms. The van der Waals surface area contributed by atoms with Crippen LogP contribution < -0.4 is 5.32 Å². The van der Waals surface area contributed by atoms with E-state index >= 15 is 0 Å². The molecule has 0 amide bonds. The lowest BCUT2D eigenvalue weighted by Gasteiger charge is -2.37. The van der Waals surface area contributed by atoms with E-state index in [9.17, 15) is 0 Å². The van der Waals surface area contributed by atoms with Crippen molar-refractivity contribution in [1.82, 2.24) is 0 Å². The summed E-state index contributed by atoms with van der Waals surface area (Å²) in [5, 5.41) is 12.5. The minimum Gasteiger partial charge on any atom is -0.396 e. The monoisotopic (exact) mass is 281 g/mol. The molecule has 3 rings (SSSR count). The second kappa shape index (κ2) is 6.31. The molecule has 0 unspecified atom stereocenters. The third-order valence-electron chi connectivity index (χ3n) is 4.38. The molecule has 0 heterocycles. The van der Waals surface area contributed by atoms with Crippen molar-refractivity contribution in [3.63, 3.8) is 0 Å². The highest BCUT2D eigenvalue weighted by Gasteiger charge is 2.30. The number of benzene rings is 2. The molecule has 2 aromatic rings. The minimum atomic E-state index is 0.216. The van der Waals surface area contributed by atoms with E-state index in [1.54, 1.807) is 0 Å². The summed E-state index contributed by atoms with van der Waals surface area (Å²) < 4.78 is 0. The van der Waals surface area contributed by atoms with E-state index in [2.05, 4.69) is 60.8 Å². The number of aliphatic hydroxyl groups excluding tert-OH is 1. The van der Waals surface area contributed by atoms with Crippen LogP contribution in [-0.2, 0) is 6.42 Å². The van der Waals surface area contributed by atoms with E-state index < -0.39 is 0 Å². The summed E-state index contributed by atoms with van der Waals surface area (Å²) in [6, 6.07) is 17.9. The third kappa shape index (κ3) is 3.45. The van der Waals surface area contributed by atoms with Crippen molar-refractivity contribution in [2.45, 2.75) is 38.1 Å². The van der Waals surface area contributed by atoms with Crippen LogP contribution in [0.2, 0.25) is 0 Å². The van der Waals surface area contributed by atoms with Crippen molar-refractivity contribution in [2.24, 2.45) is 0 Å². The molecule has 2 aromatic carbocycles. The number of hydrogen-bond acceptors (Lipinski definition) is 2. The van der Waals surface area contributed by atoms with Crippen LogP contribution in [0.15, 0.2) is 48.5 Å². The molecular formula is C19H23NO. The zero-order chi connectivity index (χ0) is 14.7. The van der Waals surface area contributed by atoms with E-state index in [1.165, 1.54) is 35.2 Å². The zero-order valence-electron chi connectivity index (χ0n) is 12.5. The van der Waals surface area contributed by atoms with Gasteiger partial charge in [-0.25, -0.2) is 0 Å². The Bertz CT molecular complexity index is 585. The SMILES string of the molecule is Cc1cccc(C2CC(Nc3ccc(CCO)cc3)C2)c1. The highest BCUT2D eigenvalue weighted by Crippen LogP contribution is 2.38. The van der Waals surface area contributed by atoms with Gasteiger partial charge in [0.15, 0.2) is 0 Å². The van der Waals surface area contributed by atoms with Crippen LogP contribution in [0.3, 0.4) is 0 Å². The number of aryl methyl sites for hydroxylation is 1. The van der Waals surface area contributed by atoms with Gasteiger partial charge < -0.3 is 10.4 Å². The van der Waals surface area contributed by atoms with Crippen LogP contribution in [-0.4, -0.2) is 17.8 Å². The second-order valence-corrected chi connectivity index (χ2v) is 6.09. The molecule has 2 heteroatoms. The molecule has 0 bridgehead atoms. The van der Waals surface area contributed by atoms with E-state index in [-0.39, 0.29) is 6.61 Å². The average Bonchev–Trinajstić information content (AvgIpc) is 2.44. The molecule has 0 radical (unpaired) electrons. The van der Waals surface area contributed by atoms with Crippen LogP contribution in [0.25, 0.3) is 0 Å². The van der Waals surface area contributed by atoms with Gasteiger partial charge in [0.1, 0.15) is 0 Å². The molecule has 0 spiro atoms. The van der Waals surface area contributed by atoms with Gasteiger partial charge in [-0.2, -0.15) is 0 Å². The minimum absolute atomic E-state index is 0.216. The van der Waals surface area contributed by atoms with Crippen molar-refractivity contribution < 1.29 is 5.11 Å². The number of aliphatic hydroxyl groups is 1. The predicted octanol–water partition coefficient (Wildman–Crippen LogP) is 3.89. The summed E-state index contributed by atoms with van der Waals surface area (Å²) in [6.07, 6.45) is 3.16. The number of nitrogens with one attached hydrogen (secondary N) is 1. The normalized spacial score (nSPS) is 20.9. The zero-order valence-corrected chi connectivity index (χ0v) is 12.5. The number of hydrogen-bond donors (Lipinski definition) is 2. The molecule has 110 valence electrons. The van der Waals surface area contributed by atoms with E-state index in [0.717, 1.165) is 6.42 Å². The van der Waals surface area contributed by atoms with Gasteiger partial charge in [-0.3, -0.25) is 0 Å². The first-order valence-electron chi connectivity index (χ1n) is 7.77. The van der Waals surface area contributed by atoms with Gasteiger partial charge in [0.25, 0.3) is 0 Å². The fraction of sp³-hybridized carbons (Fsp3) is 0.368. The summed E-state index contributed by atoms with van der Waals surface area (Å²) in [6.45, 7) is 2.37. The van der Waals surface area contributed by atoms with Gasteiger partial charge in [0.05, 0.1) is 0 Å². The first kappa shape index (κ1) is 14.2. The number of anilines is 1. The van der Waals surface area contributed by atoms with Gasteiger partial charge in [-0.15, -0.1) is 0 Å². The lowest BCUT2D eigenvalue weighted by atomic mass is 9.75. The van der Waals surface area contributed by atoms with Crippen LogP contribution >= 0.6 is 0 Å². The average molecular weight is 281 g/mol. The van der Waals surface area contributed by atoms with Gasteiger partial charge in [-0.05, 0) is 55.4 Å². The van der Waals surface area contributed by atoms with Crippen LogP contribution in [0, 0.1) is 6.92 Å². The fourth-order valence-electron chi connectivity index (χ4n) is 3.06. The quantitative estimate of drug-likeness (QED) is 0.871. The molecule has 0 aliphatic heterocycles. The Morgan fingerprint density at radius 2 is 1.86 bits per heavy atom. The summed E-state index contributed by atoms with van der Waals surface area (Å²) in [5.74, 6) is 0.705. The molecule has 1 aliphatic rings. The lowest BCUT2D eigenvalue weighted by Crippen LogP contribution is -2.34. The molecular weight excluding hydrogens is 258 g/mol. The molecule has 1 aliphatic carbocycles. The summed E-state index contributed by atoms with van der Waals surface area (Å²) >= 11 is 0. The number of rotatable bonds is 5. The van der Waals surface area contributed by atoms with Crippen molar-refractivity contribution in [1.29, 1.82) is 0 Å². The molecule has 2 N–H and O–H groups in total. The molecule has 1 fully saturated rings. The Morgan fingerprint density at radius 3 is 2.52 bits per heavy atom. The highest BCUT2D eigenvalue weighted by atomic mass is 16.2. The Balaban J connectivity index is 1.52. The first-order valence-corrected chi connectivity index (χ1v) is 7.77. The lowest BCUT2D eigenvalue weighted by molar-refractivity contribution is 0.299. The smallest absolute Gasteiger partial charge is 0.0471 e. The van der Waals surface area contributed by atoms with Gasteiger partial charge in [0.2, 0.25) is 0 Å². The maximum absolute atomic E-state index is 8.92. The largest absolute Gasteiger partial charge is 0.396 e. The molecule has 0 saturated heterocycles. The molecule has 0 aromatic heterocycles. The Hall–Kier alpha value is -1.80. The molecule has 1 saturated carbocycles. The van der Waals surface area contributed by atoms with Gasteiger partial charge in [-0.1, -0.05) is 42.0 Å². The van der Waals surface area contributed by atoms with E-state index in [1.807, 2.05) is 0 Å². The Kier molecular flexibility index (Phi) is 4.26. The standard InChI is InChI=1S/C19H23NO/c1-14-3-2-4-16(11-14)17-12-19(13-17)20-18-7-5-15(6-8-18)9-10-21/h2-8,11,17,19-21H,9-10,12-13H2,1H3. The topological polar surface area (TPSA) is 32.3 Å². The van der Waals surface area contributed by atoms with Crippen molar-refractivity contribution in [3.05, 3.63) is 65.2 Å². The van der Waals surface area contributed by atoms with Crippen LogP contribution in [0.1, 0.15) is 35.4 Å². The van der Waals surface area contributed by atoms with Crippen molar-refractivity contribution in [2.75, 3.05) is 11.9 Å². The van der Waals surface area contributed by atoms with Crippen molar-refractivity contribution >= 4 is 5.69 Å². The Morgan fingerprint density at radius 1 is 1.10 bits per heavy atom. The van der Waals surface area contributed by atoms with Crippen LogP contribution in [0.4, 0.5) is 5.69 Å². The van der Waals surface area contributed by atoms with E-state index in [0.29, 0.717) is 12.0 Å². The first-order chi connectivity index (χ1) is 10.2. The summed E-state index contributed by atoms with van der Waals surface area (Å²) in [7, 11) is 0. The fourth-order valence-corrected chi connectivity index (χ4v) is 3.06. The summed E-state index contributed by atoms with van der Waals surface area (Å²) in [5.41, 5.74) is 5.20. The van der Waals surface area contributed by atoms with Crippen LogP contribution in [0.5, 0.6) is 0 Å². The third-order valence-corrected chi connectivity index (χ3v) is 4.38. The van der Waals surface area contributed by atoms with Gasteiger partial charge in [0, 0.05) is 18.3 Å². The predicted molar refractivity (Wildman–Crippen MR) is 87.8 cm³/mol. The van der Waals surface area contributed by atoms with E-state index in [4.69, 9.17) is 5.11 Å². The maximum atomic E-state index is 8.92.